The fourth-order valence-corrected chi connectivity index (χ4v) is 2.48. The van der Waals surface area contributed by atoms with Crippen LogP contribution in [0.25, 0.3) is 10.9 Å². The molecule has 5 nitrogen and oxygen atoms in total. The molecule has 0 aliphatic carbocycles. The molecule has 0 fully saturated rings. The van der Waals surface area contributed by atoms with Gasteiger partial charge in [-0.3, -0.25) is 9.36 Å². The lowest BCUT2D eigenvalue weighted by atomic mass is 10.2. The molecule has 3 rings (SSSR count). The van der Waals surface area contributed by atoms with Gasteiger partial charge in [-0.15, -0.1) is 0 Å². The number of hydrogen-bond acceptors (Lipinski definition) is 4. The van der Waals surface area contributed by atoms with Crippen molar-refractivity contribution in [3.8, 4) is 5.75 Å². The molecule has 0 unspecified atom stereocenters. The predicted octanol–water partition coefficient (Wildman–Crippen LogP) is 2.28. The van der Waals surface area contributed by atoms with Crippen LogP contribution >= 0.6 is 0 Å². The summed E-state index contributed by atoms with van der Waals surface area (Å²) in [5.41, 5.74) is 0.437. The average Bonchev–Trinajstić information content (AvgIpc) is 2.58. The molecule has 6 heteroatoms. The van der Waals surface area contributed by atoms with Gasteiger partial charge in [-0.05, 0) is 43.3 Å². The predicted molar refractivity (Wildman–Crippen MR) is 88.6 cm³/mol. The van der Waals surface area contributed by atoms with E-state index in [4.69, 9.17) is 4.74 Å². The lowest BCUT2D eigenvalue weighted by Gasteiger charge is -2.16. The average molecular weight is 328 g/mol. The fourth-order valence-electron chi connectivity index (χ4n) is 2.48. The zero-order valence-corrected chi connectivity index (χ0v) is 13.1. The van der Waals surface area contributed by atoms with Gasteiger partial charge in [-0.1, -0.05) is 12.1 Å². The third kappa shape index (κ3) is 3.44. The topological polar surface area (TPSA) is 64.4 Å². The third-order valence-corrected chi connectivity index (χ3v) is 3.70. The van der Waals surface area contributed by atoms with E-state index < -0.39 is 6.10 Å². The van der Waals surface area contributed by atoms with Crippen molar-refractivity contribution in [3.63, 3.8) is 0 Å². The molecule has 0 saturated carbocycles. The molecule has 2 aromatic carbocycles. The Morgan fingerprint density at radius 1 is 1.21 bits per heavy atom. The Labute approximate surface area is 138 Å². The molecular formula is C18H17FN2O3. The van der Waals surface area contributed by atoms with Crippen molar-refractivity contribution < 1.29 is 14.2 Å². The minimum absolute atomic E-state index is 0.00958. The molecule has 1 N–H and O–H groups in total. The Hall–Kier alpha value is -2.73. The minimum Gasteiger partial charge on any atom is -0.491 e. The van der Waals surface area contributed by atoms with Gasteiger partial charge in [0.05, 0.1) is 17.4 Å². The van der Waals surface area contributed by atoms with Crippen LogP contribution in [0.15, 0.2) is 53.3 Å². The quantitative estimate of drug-likeness (QED) is 0.780. The normalized spacial score (nSPS) is 12.3. The van der Waals surface area contributed by atoms with E-state index in [1.54, 1.807) is 25.1 Å². The number of aromatic nitrogens is 2. The fraction of sp³-hybridized carbons (Fsp3) is 0.222. The summed E-state index contributed by atoms with van der Waals surface area (Å²) in [5.74, 6) is 0.628. The summed E-state index contributed by atoms with van der Waals surface area (Å²) < 4.78 is 19.7. The molecule has 0 amide bonds. The molecule has 0 spiro atoms. The van der Waals surface area contributed by atoms with Gasteiger partial charge in [-0.25, -0.2) is 9.37 Å². The van der Waals surface area contributed by atoms with Crippen molar-refractivity contribution in [1.82, 2.24) is 9.55 Å². The summed E-state index contributed by atoms with van der Waals surface area (Å²) >= 11 is 0. The van der Waals surface area contributed by atoms with Crippen LogP contribution in [0.1, 0.15) is 5.82 Å². The number of aliphatic hydroxyl groups is 1. The largest absolute Gasteiger partial charge is 0.491 e. The van der Waals surface area contributed by atoms with Crippen LogP contribution in [-0.2, 0) is 6.54 Å². The molecular weight excluding hydrogens is 311 g/mol. The van der Waals surface area contributed by atoms with Gasteiger partial charge in [0.1, 0.15) is 30.1 Å². The smallest absolute Gasteiger partial charge is 0.261 e. The SMILES string of the molecule is Cc1nc2ccccc2c(=O)n1C[C@@H](O)COc1ccc(F)cc1. The zero-order chi connectivity index (χ0) is 17.1. The van der Waals surface area contributed by atoms with E-state index in [9.17, 15) is 14.3 Å². The van der Waals surface area contributed by atoms with Gasteiger partial charge in [0, 0.05) is 0 Å². The number of rotatable bonds is 5. The Bertz CT molecular complexity index is 906. The molecule has 1 atom stereocenters. The first kappa shape index (κ1) is 16.1. The molecule has 3 aromatic rings. The highest BCUT2D eigenvalue weighted by Crippen LogP contribution is 2.12. The van der Waals surface area contributed by atoms with Gasteiger partial charge in [0.2, 0.25) is 0 Å². The molecule has 0 aliphatic heterocycles. The van der Waals surface area contributed by atoms with Crippen molar-refractivity contribution in [1.29, 1.82) is 0 Å². The number of para-hydroxylation sites is 1. The lowest BCUT2D eigenvalue weighted by molar-refractivity contribution is 0.0908. The first-order valence-corrected chi connectivity index (χ1v) is 7.57. The highest BCUT2D eigenvalue weighted by molar-refractivity contribution is 5.77. The van der Waals surface area contributed by atoms with Crippen LogP contribution in [0.5, 0.6) is 5.75 Å². The van der Waals surface area contributed by atoms with Gasteiger partial charge >= 0.3 is 0 Å². The second-order valence-corrected chi connectivity index (χ2v) is 5.51. The van der Waals surface area contributed by atoms with E-state index in [1.165, 1.54) is 28.8 Å². The van der Waals surface area contributed by atoms with Crippen molar-refractivity contribution in [2.24, 2.45) is 0 Å². The van der Waals surface area contributed by atoms with Crippen molar-refractivity contribution in [3.05, 3.63) is 70.5 Å². The molecule has 1 aromatic heterocycles. The lowest BCUT2D eigenvalue weighted by Crippen LogP contribution is -2.32. The van der Waals surface area contributed by atoms with E-state index in [-0.39, 0.29) is 24.5 Å². The van der Waals surface area contributed by atoms with Gasteiger partial charge in [0.15, 0.2) is 0 Å². The van der Waals surface area contributed by atoms with E-state index in [2.05, 4.69) is 4.98 Å². The van der Waals surface area contributed by atoms with Crippen LogP contribution in [0.4, 0.5) is 4.39 Å². The zero-order valence-electron chi connectivity index (χ0n) is 13.1. The number of aryl methyl sites for hydroxylation is 1. The summed E-state index contributed by atoms with van der Waals surface area (Å²) in [6, 6.07) is 12.6. The molecule has 0 bridgehead atoms. The number of ether oxygens (including phenoxy) is 1. The number of hydrogen-bond donors (Lipinski definition) is 1. The molecule has 24 heavy (non-hydrogen) atoms. The third-order valence-electron chi connectivity index (χ3n) is 3.70. The van der Waals surface area contributed by atoms with E-state index in [0.29, 0.717) is 22.5 Å². The number of fused-ring (bicyclic) bond motifs is 1. The van der Waals surface area contributed by atoms with Crippen LogP contribution < -0.4 is 10.3 Å². The molecule has 0 radical (unpaired) electrons. The highest BCUT2D eigenvalue weighted by Gasteiger charge is 2.13. The maximum absolute atomic E-state index is 12.8. The molecule has 1 heterocycles. The summed E-state index contributed by atoms with van der Waals surface area (Å²) in [7, 11) is 0. The van der Waals surface area contributed by atoms with Crippen LogP contribution in [0.3, 0.4) is 0 Å². The Kier molecular flexibility index (Phi) is 4.57. The van der Waals surface area contributed by atoms with Crippen molar-refractivity contribution >= 4 is 10.9 Å². The van der Waals surface area contributed by atoms with Crippen molar-refractivity contribution in [2.45, 2.75) is 19.6 Å². The monoisotopic (exact) mass is 328 g/mol. The van der Waals surface area contributed by atoms with Gasteiger partial charge in [-0.2, -0.15) is 0 Å². The summed E-state index contributed by atoms with van der Waals surface area (Å²) in [4.78, 5) is 16.9. The first-order valence-electron chi connectivity index (χ1n) is 7.57. The number of halogens is 1. The molecule has 0 aliphatic rings. The summed E-state index contributed by atoms with van der Waals surface area (Å²) in [5, 5.41) is 10.7. The second kappa shape index (κ2) is 6.80. The standard InChI is InChI=1S/C18H17FN2O3/c1-12-20-17-5-3-2-4-16(17)18(23)21(12)10-14(22)11-24-15-8-6-13(19)7-9-15/h2-9,14,22H,10-11H2,1H3/t14-/m1/s1. The Morgan fingerprint density at radius 2 is 1.92 bits per heavy atom. The van der Waals surface area contributed by atoms with Gasteiger partial charge in [0.25, 0.3) is 5.56 Å². The first-order chi connectivity index (χ1) is 11.5. The Balaban J connectivity index is 1.74. The number of benzene rings is 2. The van der Waals surface area contributed by atoms with Crippen molar-refractivity contribution in [2.75, 3.05) is 6.61 Å². The van der Waals surface area contributed by atoms with E-state index >= 15 is 0 Å². The Morgan fingerprint density at radius 3 is 2.67 bits per heavy atom. The van der Waals surface area contributed by atoms with Crippen LogP contribution in [-0.4, -0.2) is 27.4 Å². The van der Waals surface area contributed by atoms with E-state index in [1.807, 2.05) is 6.07 Å². The maximum Gasteiger partial charge on any atom is 0.261 e. The second-order valence-electron chi connectivity index (χ2n) is 5.51. The highest BCUT2D eigenvalue weighted by atomic mass is 19.1. The van der Waals surface area contributed by atoms with Crippen LogP contribution in [0.2, 0.25) is 0 Å². The summed E-state index contributed by atoms with van der Waals surface area (Å²) in [6.45, 7) is 1.79. The molecule has 124 valence electrons. The minimum atomic E-state index is -0.894. The summed E-state index contributed by atoms with van der Waals surface area (Å²) in [6.07, 6.45) is -0.894. The van der Waals surface area contributed by atoms with Crippen LogP contribution in [0, 0.1) is 12.7 Å². The maximum atomic E-state index is 12.8. The van der Waals surface area contributed by atoms with E-state index in [0.717, 1.165) is 0 Å². The number of nitrogens with zero attached hydrogens (tertiary/aromatic N) is 2. The molecule has 0 saturated heterocycles. The van der Waals surface area contributed by atoms with Gasteiger partial charge < -0.3 is 9.84 Å². The number of aliphatic hydroxyl groups excluding tert-OH is 1.